The molecule has 0 aliphatic carbocycles. The summed E-state index contributed by atoms with van der Waals surface area (Å²) in [5.41, 5.74) is 0.642. The first kappa shape index (κ1) is 10.7. The van der Waals surface area contributed by atoms with Crippen LogP contribution < -0.4 is 0 Å². The Labute approximate surface area is 106 Å². The van der Waals surface area contributed by atoms with Gasteiger partial charge >= 0.3 is 0 Å². The van der Waals surface area contributed by atoms with Crippen molar-refractivity contribution in [2.75, 3.05) is 0 Å². The summed E-state index contributed by atoms with van der Waals surface area (Å²) < 4.78 is 1.39. The second kappa shape index (κ2) is 4.41. The molecule has 0 amide bonds. The lowest BCUT2D eigenvalue weighted by Crippen LogP contribution is -2.05. The number of hydrogen-bond donors (Lipinski definition) is 0. The van der Waals surface area contributed by atoms with E-state index in [-0.39, 0.29) is 11.2 Å². The molecule has 0 bridgehead atoms. The number of hydrogen-bond acceptors (Lipinski definition) is 7. The Hall–Kier alpha value is -2.48. The maximum atomic E-state index is 5.85. The van der Waals surface area contributed by atoms with Gasteiger partial charge in [0.2, 0.25) is 5.28 Å². The van der Waals surface area contributed by atoms with Crippen LogP contribution in [0.1, 0.15) is 0 Å². The fraction of sp³-hybridized carbons (Fsp3) is 0. The maximum Gasteiger partial charge on any atom is 0.256 e. The first-order valence-corrected chi connectivity index (χ1v) is 5.23. The van der Waals surface area contributed by atoms with Gasteiger partial charge in [-0.2, -0.15) is 24.7 Å². The zero-order valence-corrected chi connectivity index (χ0v) is 9.60. The zero-order valence-electron chi connectivity index (χ0n) is 8.84. The van der Waals surface area contributed by atoms with Crippen LogP contribution in [0.5, 0.6) is 0 Å². The van der Waals surface area contributed by atoms with Gasteiger partial charge in [0, 0.05) is 12.4 Å². The van der Waals surface area contributed by atoms with Gasteiger partial charge in [0.1, 0.15) is 19.0 Å². The normalized spacial score (nSPS) is 10.5. The van der Waals surface area contributed by atoms with Gasteiger partial charge in [-0.3, -0.25) is 0 Å². The van der Waals surface area contributed by atoms with Crippen molar-refractivity contribution in [3.05, 3.63) is 36.7 Å². The second-order valence-electron chi connectivity index (χ2n) is 3.20. The van der Waals surface area contributed by atoms with E-state index in [0.29, 0.717) is 11.4 Å². The van der Waals surface area contributed by atoms with E-state index in [9.17, 15) is 0 Å². The second-order valence-corrected chi connectivity index (χ2v) is 3.53. The third-order valence-electron chi connectivity index (χ3n) is 2.04. The summed E-state index contributed by atoms with van der Waals surface area (Å²) in [6, 6.07) is 0. The van der Waals surface area contributed by atoms with Gasteiger partial charge in [-0.05, 0) is 11.6 Å². The number of halogens is 1. The molecule has 9 heteroatoms. The molecular weight excluding hydrogens is 256 g/mol. The molecule has 0 saturated carbocycles. The van der Waals surface area contributed by atoms with Crippen LogP contribution in [0, 0.1) is 0 Å². The summed E-state index contributed by atoms with van der Waals surface area (Å²) in [6.45, 7) is 0. The molecule has 3 aromatic heterocycles. The average Bonchev–Trinajstić information content (AvgIpc) is 2.93. The summed E-state index contributed by atoms with van der Waals surface area (Å²) in [6.07, 6.45) is 7.44. The predicted molar refractivity (Wildman–Crippen MR) is 60.8 cm³/mol. The van der Waals surface area contributed by atoms with Crippen molar-refractivity contribution in [1.82, 2.24) is 39.7 Å². The highest BCUT2D eigenvalue weighted by molar-refractivity contribution is 6.28. The fourth-order valence-electron chi connectivity index (χ4n) is 1.30. The van der Waals surface area contributed by atoms with Crippen LogP contribution in [0.15, 0.2) is 31.4 Å². The maximum absolute atomic E-state index is 5.85. The van der Waals surface area contributed by atoms with Gasteiger partial charge in [-0.15, -0.1) is 0 Å². The van der Waals surface area contributed by atoms with E-state index in [2.05, 4.69) is 35.0 Å². The Kier molecular flexibility index (Phi) is 2.61. The average molecular weight is 261 g/mol. The van der Waals surface area contributed by atoms with E-state index in [1.54, 1.807) is 12.4 Å². The SMILES string of the molecule is Clc1nc(-c2cncnc2)nc(-n2cncn2)n1. The molecule has 0 N–H and O–H groups in total. The predicted octanol–water partition coefficient (Wildman–Crippen LogP) is 0.563. The highest BCUT2D eigenvalue weighted by atomic mass is 35.5. The van der Waals surface area contributed by atoms with Crippen molar-refractivity contribution < 1.29 is 0 Å². The molecule has 3 rings (SSSR count). The Morgan fingerprint density at radius 1 is 0.944 bits per heavy atom. The van der Waals surface area contributed by atoms with Gasteiger partial charge in [-0.25, -0.2) is 15.0 Å². The first-order valence-electron chi connectivity index (χ1n) is 4.85. The molecule has 0 radical (unpaired) electrons. The largest absolute Gasteiger partial charge is 0.256 e. The Morgan fingerprint density at radius 2 is 1.78 bits per heavy atom. The molecule has 0 atom stereocenters. The smallest absolute Gasteiger partial charge is 0.244 e. The monoisotopic (exact) mass is 260 g/mol. The van der Waals surface area contributed by atoms with Gasteiger partial charge in [-0.1, -0.05) is 0 Å². The molecule has 88 valence electrons. The molecule has 0 spiro atoms. The molecule has 3 aromatic rings. The molecular formula is C9H5ClN8. The zero-order chi connectivity index (χ0) is 12.4. The van der Waals surface area contributed by atoms with E-state index >= 15 is 0 Å². The lowest BCUT2D eigenvalue weighted by molar-refractivity contribution is 0.796. The van der Waals surface area contributed by atoms with Gasteiger partial charge in [0.15, 0.2) is 5.82 Å². The van der Waals surface area contributed by atoms with Crippen molar-refractivity contribution in [2.45, 2.75) is 0 Å². The summed E-state index contributed by atoms with van der Waals surface area (Å²) in [5.74, 6) is 0.660. The molecule has 0 unspecified atom stereocenters. The van der Waals surface area contributed by atoms with Crippen LogP contribution in [-0.4, -0.2) is 39.7 Å². The highest BCUT2D eigenvalue weighted by Crippen LogP contribution is 2.14. The molecule has 0 fully saturated rings. The van der Waals surface area contributed by atoms with Gasteiger partial charge in [0.25, 0.3) is 5.95 Å². The van der Waals surface area contributed by atoms with Crippen molar-refractivity contribution in [3.63, 3.8) is 0 Å². The Balaban J connectivity index is 2.12. The summed E-state index contributed by atoms with van der Waals surface area (Å²) >= 11 is 5.85. The Morgan fingerprint density at radius 3 is 2.50 bits per heavy atom. The third kappa shape index (κ3) is 2.00. The van der Waals surface area contributed by atoms with E-state index in [4.69, 9.17) is 11.6 Å². The van der Waals surface area contributed by atoms with E-state index in [1.165, 1.54) is 23.7 Å². The molecule has 3 heterocycles. The molecule has 0 aromatic carbocycles. The van der Waals surface area contributed by atoms with E-state index in [0.717, 1.165) is 0 Å². The van der Waals surface area contributed by atoms with Gasteiger partial charge < -0.3 is 0 Å². The molecule has 18 heavy (non-hydrogen) atoms. The standard InChI is InChI=1S/C9H5ClN8/c10-8-15-7(6-1-11-3-12-2-6)16-9(17-8)18-5-13-4-14-18/h1-5H. The van der Waals surface area contributed by atoms with Crippen molar-refractivity contribution in [1.29, 1.82) is 0 Å². The quantitative estimate of drug-likeness (QED) is 0.664. The Bertz CT molecular complexity index is 654. The summed E-state index contributed by atoms with van der Waals surface area (Å²) in [4.78, 5) is 23.8. The van der Waals surface area contributed by atoms with Gasteiger partial charge in [0.05, 0.1) is 5.56 Å². The topological polar surface area (TPSA) is 95.2 Å². The van der Waals surface area contributed by atoms with Crippen molar-refractivity contribution >= 4 is 11.6 Å². The molecule has 0 saturated heterocycles. The van der Waals surface area contributed by atoms with Crippen LogP contribution in [-0.2, 0) is 0 Å². The first-order chi connectivity index (χ1) is 8.83. The summed E-state index contributed by atoms with van der Waals surface area (Å²) in [7, 11) is 0. The number of nitrogens with zero attached hydrogens (tertiary/aromatic N) is 8. The third-order valence-corrected chi connectivity index (χ3v) is 2.21. The van der Waals surface area contributed by atoms with Crippen LogP contribution >= 0.6 is 11.6 Å². The van der Waals surface area contributed by atoms with Crippen LogP contribution in [0.4, 0.5) is 0 Å². The minimum absolute atomic E-state index is 0.0642. The summed E-state index contributed by atoms with van der Waals surface area (Å²) in [5, 5.41) is 3.99. The lowest BCUT2D eigenvalue weighted by Gasteiger charge is -2.02. The molecule has 8 nitrogen and oxygen atoms in total. The van der Waals surface area contributed by atoms with E-state index < -0.39 is 0 Å². The fourth-order valence-corrected chi connectivity index (χ4v) is 1.45. The number of aromatic nitrogens is 8. The van der Waals surface area contributed by atoms with Crippen molar-refractivity contribution in [2.24, 2.45) is 0 Å². The van der Waals surface area contributed by atoms with E-state index in [1.807, 2.05) is 0 Å². The van der Waals surface area contributed by atoms with Crippen molar-refractivity contribution in [3.8, 4) is 17.3 Å². The van der Waals surface area contributed by atoms with Crippen LogP contribution in [0.25, 0.3) is 17.3 Å². The van der Waals surface area contributed by atoms with Crippen LogP contribution in [0.3, 0.4) is 0 Å². The highest BCUT2D eigenvalue weighted by Gasteiger charge is 2.09. The van der Waals surface area contributed by atoms with Crippen LogP contribution in [0.2, 0.25) is 5.28 Å². The molecule has 0 aliphatic rings. The number of rotatable bonds is 2. The minimum atomic E-state index is 0.0642. The molecule has 0 aliphatic heterocycles. The minimum Gasteiger partial charge on any atom is -0.244 e. The lowest BCUT2D eigenvalue weighted by atomic mass is 10.3.